The molecule has 72 valence electrons. The maximum absolute atomic E-state index is 5.77. The zero-order chi connectivity index (χ0) is 9.97. The van der Waals surface area contributed by atoms with Gasteiger partial charge < -0.3 is 4.74 Å². The van der Waals surface area contributed by atoms with Crippen molar-refractivity contribution in [3.63, 3.8) is 0 Å². The first kappa shape index (κ1) is 9.09. The van der Waals surface area contributed by atoms with Crippen LogP contribution in [0.3, 0.4) is 0 Å². The third-order valence-electron chi connectivity index (χ3n) is 1.87. The summed E-state index contributed by atoms with van der Waals surface area (Å²) in [5.41, 5.74) is 0.927. The van der Waals surface area contributed by atoms with Gasteiger partial charge in [-0.15, -0.1) is 0 Å². The number of hydrogen-bond acceptors (Lipinski definition) is 2. The molecule has 14 heavy (non-hydrogen) atoms. The second kappa shape index (κ2) is 3.72. The van der Waals surface area contributed by atoms with Gasteiger partial charge in [0.25, 0.3) is 0 Å². The van der Waals surface area contributed by atoms with Crippen LogP contribution in [0.5, 0.6) is 5.75 Å². The smallest absolute Gasteiger partial charge is 0.121 e. The lowest BCUT2D eigenvalue weighted by Gasteiger charge is -2.03. The largest absolute Gasteiger partial charge is 0.497 e. The summed E-state index contributed by atoms with van der Waals surface area (Å²) in [6.45, 7) is 0. The van der Waals surface area contributed by atoms with E-state index >= 15 is 0 Å². The van der Waals surface area contributed by atoms with Crippen molar-refractivity contribution in [2.45, 2.75) is 0 Å². The predicted molar refractivity (Wildman–Crippen MR) is 55.1 cm³/mol. The van der Waals surface area contributed by atoms with E-state index in [0.29, 0.717) is 5.02 Å². The van der Waals surface area contributed by atoms with Crippen LogP contribution in [0.2, 0.25) is 5.02 Å². The first-order chi connectivity index (χ1) is 6.79. The van der Waals surface area contributed by atoms with Crippen molar-refractivity contribution in [2.75, 3.05) is 7.11 Å². The van der Waals surface area contributed by atoms with Crippen LogP contribution in [0.1, 0.15) is 0 Å². The third kappa shape index (κ3) is 1.72. The van der Waals surface area contributed by atoms with E-state index in [0.717, 1.165) is 11.4 Å². The maximum Gasteiger partial charge on any atom is 0.121 e. The standard InChI is InChI=1S/C10H9ClN2O/c1-14-10-4-2-3-9(5-10)13-7-8(11)6-12-13/h2-7H,1H3. The average molecular weight is 209 g/mol. The fourth-order valence-corrected chi connectivity index (χ4v) is 1.33. The Hall–Kier alpha value is -1.48. The number of methoxy groups -OCH3 is 1. The van der Waals surface area contributed by atoms with Gasteiger partial charge in [-0.05, 0) is 12.1 Å². The van der Waals surface area contributed by atoms with Gasteiger partial charge in [0, 0.05) is 12.3 Å². The third-order valence-corrected chi connectivity index (χ3v) is 2.06. The Labute approximate surface area is 86.9 Å². The second-order valence-electron chi connectivity index (χ2n) is 2.80. The van der Waals surface area contributed by atoms with Crippen LogP contribution < -0.4 is 4.74 Å². The van der Waals surface area contributed by atoms with Gasteiger partial charge in [0.15, 0.2) is 0 Å². The Bertz CT molecular complexity index is 439. The van der Waals surface area contributed by atoms with Gasteiger partial charge in [0.2, 0.25) is 0 Å². The summed E-state index contributed by atoms with van der Waals surface area (Å²) >= 11 is 5.77. The summed E-state index contributed by atoms with van der Waals surface area (Å²) in [6.07, 6.45) is 3.34. The average Bonchev–Trinajstić information content (AvgIpc) is 2.65. The van der Waals surface area contributed by atoms with Crippen LogP contribution in [-0.4, -0.2) is 16.9 Å². The van der Waals surface area contributed by atoms with Crippen molar-refractivity contribution in [2.24, 2.45) is 0 Å². The quantitative estimate of drug-likeness (QED) is 0.759. The van der Waals surface area contributed by atoms with E-state index in [-0.39, 0.29) is 0 Å². The summed E-state index contributed by atoms with van der Waals surface area (Å²) in [4.78, 5) is 0. The summed E-state index contributed by atoms with van der Waals surface area (Å²) in [6, 6.07) is 7.62. The van der Waals surface area contributed by atoms with E-state index in [1.165, 1.54) is 0 Å². The van der Waals surface area contributed by atoms with Gasteiger partial charge in [-0.2, -0.15) is 5.10 Å². The molecule has 0 aliphatic rings. The first-order valence-electron chi connectivity index (χ1n) is 4.14. The molecule has 4 heteroatoms. The summed E-state index contributed by atoms with van der Waals surface area (Å²) in [7, 11) is 1.63. The molecule has 2 rings (SSSR count). The molecule has 0 radical (unpaired) electrons. The maximum atomic E-state index is 5.77. The fraction of sp³-hybridized carbons (Fsp3) is 0.100. The molecule has 1 aromatic heterocycles. The summed E-state index contributed by atoms with van der Waals surface area (Å²) < 4.78 is 6.81. The highest BCUT2D eigenvalue weighted by Gasteiger charge is 1.99. The van der Waals surface area contributed by atoms with Crippen LogP contribution in [0.4, 0.5) is 0 Å². The van der Waals surface area contributed by atoms with Crippen molar-refractivity contribution in [3.8, 4) is 11.4 Å². The molecule has 0 N–H and O–H groups in total. The van der Waals surface area contributed by atoms with Crippen LogP contribution in [0, 0.1) is 0 Å². The predicted octanol–water partition coefficient (Wildman–Crippen LogP) is 2.53. The van der Waals surface area contributed by atoms with Gasteiger partial charge in [0.05, 0.1) is 24.0 Å². The monoisotopic (exact) mass is 208 g/mol. The molecule has 0 aliphatic heterocycles. The topological polar surface area (TPSA) is 27.1 Å². The molecular formula is C10H9ClN2O. The number of hydrogen-bond donors (Lipinski definition) is 0. The van der Waals surface area contributed by atoms with Gasteiger partial charge in [0.1, 0.15) is 5.75 Å². The molecule has 0 bridgehead atoms. The highest BCUT2D eigenvalue weighted by molar-refractivity contribution is 6.30. The molecule has 2 aromatic rings. The molecule has 1 aromatic carbocycles. The highest BCUT2D eigenvalue weighted by atomic mass is 35.5. The number of halogens is 1. The van der Waals surface area contributed by atoms with E-state index in [4.69, 9.17) is 16.3 Å². The van der Waals surface area contributed by atoms with Crippen molar-refractivity contribution < 1.29 is 4.74 Å². The fourth-order valence-electron chi connectivity index (χ4n) is 1.20. The Balaban J connectivity index is 2.41. The van der Waals surface area contributed by atoms with Crippen LogP contribution in [0.25, 0.3) is 5.69 Å². The summed E-state index contributed by atoms with van der Waals surface area (Å²) in [5, 5.41) is 4.71. The van der Waals surface area contributed by atoms with Crippen LogP contribution >= 0.6 is 11.6 Å². The van der Waals surface area contributed by atoms with Gasteiger partial charge in [-0.25, -0.2) is 4.68 Å². The molecule has 0 spiro atoms. The van der Waals surface area contributed by atoms with Gasteiger partial charge in [-0.1, -0.05) is 17.7 Å². The lowest BCUT2D eigenvalue weighted by atomic mass is 10.3. The molecule has 0 amide bonds. The molecule has 0 saturated heterocycles. The molecule has 3 nitrogen and oxygen atoms in total. The highest BCUT2D eigenvalue weighted by Crippen LogP contribution is 2.17. The van der Waals surface area contributed by atoms with Crippen molar-refractivity contribution in [1.82, 2.24) is 9.78 Å². The number of benzene rings is 1. The molecule has 0 saturated carbocycles. The first-order valence-corrected chi connectivity index (χ1v) is 4.52. The lowest BCUT2D eigenvalue weighted by Crippen LogP contribution is -1.94. The van der Waals surface area contributed by atoms with E-state index in [1.807, 2.05) is 24.3 Å². The molecular weight excluding hydrogens is 200 g/mol. The van der Waals surface area contributed by atoms with Crippen molar-refractivity contribution >= 4 is 11.6 Å². The van der Waals surface area contributed by atoms with Crippen LogP contribution in [0.15, 0.2) is 36.7 Å². The number of nitrogens with zero attached hydrogens (tertiary/aromatic N) is 2. The Kier molecular flexibility index (Phi) is 2.41. The van der Waals surface area contributed by atoms with Crippen LogP contribution in [-0.2, 0) is 0 Å². The van der Waals surface area contributed by atoms with Gasteiger partial charge in [-0.3, -0.25) is 0 Å². The number of ether oxygens (including phenoxy) is 1. The molecule has 1 heterocycles. The van der Waals surface area contributed by atoms with Crippen molar-refractivity contribution in [3.05, 3.63) is 41.7 Å². The van der Waals surface area contributed by atoms with Gasteiger partial charge >= 0.3 is 0 Å². The molecule has 0 unspecified atom stereocenters. The van der Waals surface area contributed by atoms with Crippen molar-refractivity contribution in [1.29, 1.82) is 0 Å². The minimum atomic E-state index is 0.618. The van der Waals surface area contributed by atoms with E-state index in [2.05, 4.69) is 5.10 Å². The van der Waals surface area contributed by atoms with E-state index in [1.54, 1.807) is 24.2 Å². The minimum Gasteiger partial charge on any atom is -0.497 e. The second-order valence-corrected chi connectivity index (χ2v) is 3.24. The Morgan fingerprint density at radius 2 is 2.29 bits per heavy atom. The number of aromatic nitrogens is 2. The molecule has 0 fully saturated rings. The Morgan fingerprint density at radius 3 is 2.93 bits per heavy atom. The molecule has 0 aliphatic carbocycles. The lowest BCUT2D eigenvalue weighted by molar-refractivity contribution is 0.414. The normalized spacial score (nSPS) is 10.1. The SMILES string of the molecule is COc1cccc(-n2cc(Cl)cn2)c1. The Morgan fingerprint density at radius 1 is 1.43 bits per heavy atom. The number of rotatable bonds is 2. The molecule has 0 atom stereocenters. The zero-order valence-electron chi connectivity index (χ0n) is 7.64. The van der Waals surface area contributed by atoms with E-state index in [9.17, 15) is 0 Å². The minimum absolute atomic E-state index is 0.618. The van der Waals surface area contributed by atoms with E-state index < -0.39 is 0 Å². The summed E-state index contributed by atoms with van der Waals surface area (Å²) in [5.74, 6) is 0.800. The zero-order valence-corrected chi connectivity index (χ0v) is 8.40.